The van der Waals surface area contributed by atoms with Gasteiger partial charge >= 0.3 is 5.97 Å². The molecule has 4 rings (SSSR count). The minimum absolute atomic E-state index is 0.0438. The first-order valence-electron chi connectivity index (χ1n) is 11.2. The topological polar surface area (TPSA) is 116 Å². The first-order chi connectivity index (χ1) is 17.1. The van der Waals surface area contributed by atoms with Crippen molar-refractivity contribution < 1.29 is 31.1 Å². The van der Waals surface area contributed by atoms with Gasteiger partial charge in [-0.15, -0.1) is 0 Å². The average molecular weight is 530 g/mol. The Morgan fingerprint density at radius 3 is 1.75 bits per heavy atom. The van der Waals surface area contributed by atoms with E-state index >= 15 is 0 Å². The van der Waals surface area contributed by atoms with Crippen LogP contribution in [-0.2, 0) is 29.2 Å². The molecular weight excluding hydrogens is 502 g/mol. The molecule has 0 saturated carbocycles. The van der Waals surface area contributed by atoms with Gasteiger partial charge in [0.2, 0.25) is 0 Å². The number of ether oxygens (including phenoxy) is 2. The van der Waals surface area contributed by atoms with Gasteiger partial charge in [-0.25, -0.2) is 16.8 Å². The van der Waals surface area contributed by atoms with E-state index in [-0.39, 0.29) is 9.79 Å². The molecule has 1 aliphatic heterocycles. The Kier molecular flexibility index (Phi) is 6.96. The minimum atomic E-state index is -4.36. The van der Waals surface area contributed by atoms with Crippen LogP contribution in [-0.4, -0.2) is 53.1 Å². The number of nitrogens with one attached hydrogen (secondary N) is 1. The van der Waals surface area contributed by atoms with E-state index in [0.717, 1.165) is 7.11 Å². The van der Waals surface area contributed by atoms with Gasteiger partial charge in [0.25, 0.3) is 0 Å². The number of methoxy groups -OCH3 is 2. The van der Waals surface area contributed by atoms with Crippen LogP contribution in [0.5, 0.6) is 5.75 Å². The number of rotatable bonds is 7. The van der Waals surface area contributed by atoms with Gasteiger partial charge in [-0.1, -0.05) is 48.5 Å². The Hall–Kier alpha value is -3.21. The third-order valence-electron chi connectivity index (χ3n) is 6.57. The number of carbonyl (C=O) groups excluding carboxylic acids is 1. The first kappa shape index (κ1) is 25.9. The zero-order valence-corrected chi connectivity index (χ0v) is 21.6. The van der Waals surface area contributed by atoms with E-state index in [0.29, 0.717) is 11.3 Å². The van der Waals surface area contributed by atoms with Crippen molar-refractivity contribution in [2.75, 3.05) is 14.2 Å². The van der Waals surface area contributed by atoms with E-state index in [1.54, 1.807) is 60.7 Å². The molecule has 190 valence electrons. The van der Waals surface area contributed by atoms with Crippen LogP contribution in [0.3, 0.4) is 0 Å². The largest absolute Gasteiger partial charge is 0.497 e. The zero-order chi connectivity index (χ0) is 26.1. The summed E-state index contributed by atoms with van der Waals surface area (Å²) in [6.45, 7) is 1.38. The number of benzene rings is 3. The molecule has 3 aromatic carbocycles. The first-order valence-corrected chi connectivity index (χ1v) is 14.2. The van der Waals surface area contributed by atoms with Gasteiger partial charge in [0.15, 0.2) is 19.7 Å². The van der Waals surface area contributed by atoms with E-state index < -0.39 is 47.7 Å². The van der Waals surface area contributed by atoms with Gasteiger partial charge in [0.05, 0.1) is 30.1 Å². The molecule has 0 aliphatic carbocycles. The van der Waals surface area contributed by atoms with Crippen LogP contribution in [0, 0.1) is 0 Å². The molecule has 10 heteroatoms. The summed E-state index contributed by atoms with van der Waals surface area (Å²) in [5.74, 6) is -0.334. The molecule has 1 N–H and O–H groups in total. The van der Waals surface area contributed by atoms with Crippen LogP contribution >= 0.6 is 0 Å². The Balaban J connectivity index is 2.01. The predicted molar refractivity (Wildman–Crippen MR) is 134 cm³/mol. The summed E-state index contributed by atoms with van der Waals surface area (Å²) in [6.07, 6.45) is 0. The molecule has 1 aliphatic rings. The summed E-state index contributed by atoms with van der Waals surface area (Å²) in [4.78, 5) is 13.0. The molecule has 0 amide bonds. The average Bonchev–Trinajstić information content (AvgIpc) is 3.25. The van der Waals surface area contributed by atoms with Gasteiger partial charge in [-0.05, 0) is 48.9 Å². The van der Waals surface area contributed by atoms with Crippen molar-refractivity contribution in [3.05, 3.63) is 90.5 Å². The van der Waals surface area contributed by atoms with Crippen LogP contribution in [0.2, 0.25) is 0 Å². The lowest BCUT2D eigenvalue weighted by Gasteiger charge is -2.30. The summed E-state index contributed by atoms with van der Waals surface area (Å²) in [6, 6.07) is 20.7. The molecule has 1 fully saturated rings. The lowest BCUT2D eigenvalue weighted by atomic mass is 9.99. The molecular formula is C26H27NO7S2. The van der Waals surface area contributed by atoms with Crippen LogP contribution in [0.25, 0.3) is 0 Å². The molecule has 1 saturated heterocycles. The molecule has 0 spiro atoms. The van der Waals surface area contributed by atoms with Gasteiger partial charge in [0, 0.05) is 0 Å². The lowest BCUT2D eigenvalue weighted by Crippen LogP contribution is -2.57. The highest BCUT2D eigenvalue weighted by molar-refractivity contribution is 7.96. The van der Waals surface area contributed by atoms with Crippen molar-refractivity contribution in [2.24, 2.45) is 0 Å². The molecule has 3 aromatic rings. The summed E-state index contributed by atoms with van der Waals surface area (Å²) in [5, 5.41) is -0.200. The van der Waals surface area contributed by atoms with E-state index in [4.69, 9.17) is 9.47 Å². The molecule has 1 heterocycles. The maximum absolute atomic E-state index is 14.1. The smallest absolute Gasteiger partial charge is 0.327 e. The minimum Gasteiger partial charge on any atom is -0.497 e. The van der Waals surface area contributed by atoms with Crippen LogP contribution < -0.4 is 10.1 Å². The maximum Gasteiger partial charge on any atom is 0.327 e. The van der Waals surface area contributed by atoms with Gasteiger partial charge in [0.1, 0.15) is 21.8 Å². The highest BCUT2D eigenvalue weighted by Gasteiger charge is 2.65. The van der Waals surface area contributed by atoms with Crippen molar-refractivity contribution in [1.29, 1.82) is 0 Å². The third kappa shape index (κ3) is 4.29. The molecule has 0 unspecified atom stereocenters. The number of hydrogen-bond donors (Lipinski definition) is 1. The Bertz CT molecular complexity index is 1440. The van der Waals surface area contributed by atoms with Gasteiger partial charge in [-0.3, -0.25) is 10.1 Å². The molecule has 4 atom stereocenters. The molecule has 8 nitrogen and oxygen atoms in total. The van der Waals surface area contributed by atoms with Gasteiger partial charge < -0.3 is 9.47 Å². The van der Waals surface area contributed by atoms with Crippen molar-refractivity contribution in [3.63, 3.8) is 0 Å². The summed E-state index contributed by atoms with van der Waals surface area (Å²) >= 11 is 0. The second-order valence-electron chi connectivity index (χ2n) is 8.69. The monoisotopic (exact) mass is 529 g/mol. The normalized spacial score (nSPS) is 24.2. The Morgan fingerprint density at radius 1 is 0.778 bits per heavy atom. The van der Waals surface area contributed by atoms with E-state index in [2.05, 4.69) is 5.32 Å². The summed E-state index contributed by atoms with van der Waals surface area (Å²) in [7, 11) is -6.00. The summed E-state index contributed by atoms with van der Waals surface area (Å²) in [5.41, 5.74) is -1.39. The van der Waals surface area contributed by atoms with Crippen LogP contribution in [0.4, 0.5) is 0 Å². The van der Waals surface area contributed by atoms with Crippen molar-refractivity contribution in [3.8, 4) is 5.75 Å². The van der Waals surface area contributed by atoms with E-state index in [1.807, 2.05) is 0 Å². The standard InChI is InChI=1S/C26H27NO7S2/c1-26(25(28)34-3)24(36(31,32)21-12-8-5-9-13-21)23(35(29,30)20-10-6-4-7-11-20)22(27-26)18-14-16-19(33-2)17-15-18/h4-17,22-24,27H,1-3H3/t22-,23-,24+,26-/m0/s1. The molecule has 36 heavy (non-hydrogen) atoms. The predicted octanol–water partition coefficient (Wildman–Crippen LogP) is 2.96. The SMILES string of the molecule is COC(=O)[C@@]1(C)N[C@@H](c2ccc(OC)cc2)[C@H](S(=O)(=O)c2ccccc2)[C@H]1S(=O)(=O)c1ccccc1. The lowest BCUT2D eigenvalue weighted by molar-refractivity contribution is -0.147. The Labute approximate surface area is 211 Å². The fraction of sp³-hybridized carbons (Fsp3) is 0.269. The maximum atomic E-state index is 14.1. The van der Waals surface area contributed by atoms with E-state index in [9.17, 15) is 21.6 Å². The fourth-order valence-corrected chi connectivity index (χ4v) is 9.85. The second-order valence-corrected chi connectivity index (χ2v) is 12.9. The molecule has 0 aromatic heterocycles. The third-order valence-corrected chi connectivity index (χ3v) is 11.3. The Morgan fingerprint density at radius 2 is 1.28 bits per heavy atom. The van der Waals surface area contributed by atoms with Crippen LogP contribution in [0.1, 0.15) is 18.5 Å². The van der Waals surface area contributed by atoms with Crippen molar-refractivity contribution in [1.82, 2.24) is 5.32 Å². The number of hydrogen-bond acceptors (Lipinski definition) is 8. The number of sulfone groups is 2. The quantitative estimate of drug-likeness (QED) is 0.465. The molecule has 0 bridgehead atoms. The zero-order valence-electron chi connectivity index (χ0n) is 20.0. The summed E-state index contributed by atoms with van der Waals surface area (Å²) < 4.78 is 66.7. The highest BCUT2D eigenvalue weighted by Crippen LogP contribution is 2.45. The number of esters is 1. The second kappa shape index (κ2) is 9.68. The number of carbonyl (C=O) groups is 1. The fourth-order valence-electron chi connectivity index (χ4n) is 4.81. The highest BCUT2D eigenvalue weighted by atomic mass is 32.2. The van der Waals surface area contributed by atoms with E-state index in [1.165, 1.54) is 38.3 Å². The van der Waals surface area contributed by atoms with Gasteiger partial charge in [-0.2, -0.15) is 0 Å². The van der Waals surface area contributed by atoms with Crippen LogP contribution in [0.15, 0.2) is 94.7 Å². The van der Waals surface area contributed by atoms with Crippen molar-refractivity contribution in [2.45, 2.75) is 38.8 Å². The van der Waals surface area contributed by atoms with Crippen molar-refractivity contribution >= 4 is 25.6 Å². The molecule has 0 radical (unpaired) electrons.